The Bertz CT molecular complexity index is 1220. The number of fused-ring (bicyclic) bond motifs is 4. The molecule has 0 radical (unpaired) electrons. The molecule has 4 unspecified atom stereocenters. The molecule has 1 aromatic carbocycles. The fourth-order valence-corrected chi connectivity index (χ4v) is 5.85. The normalized spacial score (nSPS) is 27.1. The van der Waals surface area contributed by atoms with Gasteiger partial charge in [0, 0.05) is 42.4 Å². The number of hydrogen-bond acceptors (Lipinski definition) is 8. The molecule has 6 heterocycles. The van der Waals surface area contributed by atoms with Crippen molar-refractivity contribution < 1.29 is 9.47 Å². The molecule has 4 bridgehead atoms. The minimum absolute atomic E-state index is 0.360. The Morgan fingerprint density at radius 2 is 1.71 bits per heavy atom. The maximum Gasteiger partial charge on any atom is 0.227 e. The number of nitrogens with one attached hydrogen (secondary N) is 1. The smallest absolute Gasteiger partial charge is 0.227 e. The molecular formula is C26H28N6O2. The third-order valence-electron chi connectivity index (χ3n) is 7.56. The molecule has 8 nitrogen and oxygen atoms in total. The highest BCUT2D eigenvalue weighted by Crippen LogP contribution is 2.36. The van der Waals surface area contributed by atoms with Crippen LogP contribution in [0.2, 0.25) is 0 Å². The Morgan fingerprint density at radius 1 is 0.912 bits per heavy atom. The molecule has 4 atom stereocenters. The molecule has 1 N–H and O–H groups in total. The molecule has 174 valence electrons. The third-order valence-corrected chi connectivity index (χ3v) is 7.56. The largest absolute Gasteiger partial charge is 0.374 e. The van der Waals surface area contributed by atoms with E-state index in [4.69, 9.17) is 19.4 Å². The minimum atomic E-state index is 0.360. The van der Waals surface area contributed by atoms with Crippen molar-refractivity contribution in [3.05, 3.63) is 54.4 Å². The van der Waals surface area contributed by atoms with Crippen LogP contribution in [-0.2, 0) is 9.47 Å². The molecule has 4 aliphatic heterocycles. The van der Waals surface area contributed by atoms with E-state index >= 15 is 0 Å². The fourth-order valence-electron chi connectivity index (χ4n) is 5.85. The summed E-state index contributed by atoms with van der Waals surface area (Å²) in [5.41, 5.74) is 5.35. The first-order chi connectivity index (χ1) is 16.7. The van der Waals surface area contributed by atoms with Gasteiger partial charge >= 0.3 is 0 Å². The average molecular weight is 457 g/mol. The van der Waals surface area contributed by atoms with Gasteiger partial charge in [-0.3, -0.25) is 0 Å². The number of hydrogen-bond donors (Lipinski definition) is 1. The van der Waals surface area contributed by atoms with Crippen molar-refractivity contribution in [2.45, 2.75) is 44.1 Å². The van der Waals surface area contributed by atoms with E-state index in [1.165, 1.54) is 11.3 Å². The summed E-state index contributed by atoms with van der Waals surface area (Å²) in [6.07, 6.45) is 6.70. The predicted molar refractivity (Wildman–Crippen MR) is 131 cm³/mol. The highest BCUT2D eigenvalue weighted by atomic mass is 16.5. The molecule has 8 heteroatoms. The second-order valence-electron chi connectivity index (χ2n) is 9.79. The van der Waals surface area contributed by atoms with Gasteiger partial charge in [-0.25, -0.2) is 15.0 Å². The zero-order chi connectivity index (χ0) is 22.6. The van der Waals surface area contributed by atoms with Gasteiger partial charge in [-0.2, -0.15) is 0 Å². The molecule has 0 spiro atoms. The topological polar surface area (TPSA) is 75.6 Å². The highest BCUT2D eigenvalue weighted by Gasteiger charge is 2.40. The lowest BCUT2D eigenvalue weighted by Crippen LogP contribution is -2.37. The Morgan fingerprint density at radius 3 is 2.35 bits per heavy atom. The van der Waals surface area contributed by atoms with Crippen molar-refractivity contribution in [2.75, 3.05) is 41.4 Å². The minimum Gasteiger partial charge on any atom is -0.374 e. The van der Waals surface area contributed by atoms with Crippen molar-refractivity contribution in [2.24, 2.45) is 0 Å². The van der Waals surface area contributed by atoms with Crippen LogP contribution in [0.25, 0.3) is 11.3 Å². The van der Waals surface area contributed by atoms with Crippen LogP contribution in [0.5, 0.6) is 0 Å². The van der Waals surface area contributed by atoms with Gasteiger partial charge in [0.1, 0.15) is 5.82 Å². The van der Waals surface area contributed by atoms with Gasteiger partial charge in [-0.15, -0.1) is 0 Å². The van der Waals surface area contributed by atoms with E-state index < -0.39 is 0 Å². The number of anilines is 4. The predicted octanol–water partition coefficient (Wildman–Crippen LogP) is 3.55. The summed E-state index contributed by atoms with van der Waals surface area (Å²) in [6.45, 7) is 5.74. The quantitative estimate of drug-likeness (QED) is 0.625. The summed E-state index contributed by atoms with van der Waals surface area (Å²) < 4.78 is 11.5. The Kier molecular flexibility index (Phi) is 4.70. The maximum atomic E-state index is 5.76. The second-order valence-corrected chi connectivity index (χ2v) is 9.79. The number of nitrogens with zero attached hydrogens (tertiary/aromatic N) is 5. The van der Waals surface area contributed by atoms with E-state index in [9.17, 15) is 0 Å². The van der Waals surface area contributed by atoms with Crippen LogP contribution in [-0.4, -0.2) is 65.5 Å². The van der Waals surface area contributed by atoms with Gasteiger partial charge in [-0.05, 0) is 61.7 Å². The molecule has 4 aliphatic rings. The third kappa shape index (κ3) is 3.49. The fraction of sp³-hybridized carbons (Fsp3) is 0.423. The van der Waals surface area contributed by atoms with E-state index in [0.717, 1.165) is 61.9 Å². The summed E-state index contributed by atoms with van der Waals surface area (Å²) in [4.78, 5) is 18.7. The van der Waals surface area contributed by atoms with E-state index in [0.29, 0.717) is 30.2 Å². The molecule has 0 saturated carbocycles. The van der Waals surface area contributed by atoms with Crippen LogP contribution in [0.1, 0.15) is 18.4 Å². The van der Waals surface area contributed by atoms with Gasteiger partial charge in [0.15, 0.2) is 0 Å². The maximum absolute atomic E-state index is 5.76. The van der Waals surface area contributed by atoms with E-state index in [2.05, 4.69) is 57.4 Å². The highest BCUT2D eigenvalue weighted by molar-refractivity contribution is 5.66. The second kappa shape index (κ2) is 7.92. The molecular weight excluding hydrogens is 428 g/mol. The molecule has 4 fully saturated rings. The molecule has 4 saturated heterocycles. The summed E-state index contributed by atoms with van der Waals surface area (Å²) in [5.74, 6) is 1.59. The average Bonchev–Trinajstić information content (AvgIpc) is 3.67. The van der Waals surface area contributed by atoms with Crippen molar-refractivity contribution >= 4 is 23.1 Å². The van der Waals surface area contributed by atoms with E-state index in [1.54, 1.807) is 6.20 Å². The van der Waals surface area contributed by atoms with Crippen molar-refractivity contribution in [1.82, 2.24) is 15.0 Å². The van der Waals surface area contributed by atoms with Gasteiger partial charge in [-0.1, -0.05) is 0 Å². The molecule has 7 rings (SSSR count). The van der Waals surface area contributed by atoms with E-state index in [1.807, 2.05) is 12.3 Å². The molecule has 2 aromatic heterocycles. The molecule has 3 aromatic rings. The number of aromatic nitrogens is 3. The summed E-state index contributed by atoms with van der Waals surface area (Å²) in [5, 5.41) is 3.37. The van der Waals surface area contributed by atoms with Gasteiger partial charge < -0.3 is 24.6 Å². The zero-order valence-corrected chi connectivity index (χ0v) is 19.2. The number of morpholine rings is 2. The Hall–Kier alpha value is -3.23. The Labute approximate surface area is 198 Å². The van der Waals surface area contributed by atoms with Crippen LogP contribution >= 0.6 is 0 Å². The number of pyridine rings is 1. The van der Waals surface area contributed by atoms with Crippen LogP contribution in [0, 0.1) is 6.92 Å². The number of ether oxygens (including phenoxy) is 2. The van der Waals surface area contributed by atoms with Crippen LogP contribution < -0.4 is 15.1 Å². The van der Waals surface area contributed by atoms with Crippen LogP contribution in [0.4, 0.5) is 23.1 Å². The summed E-state index contributed by atoms with van der Waals surface area (Å²) in [7, 11) is 0. The first kappa shape index (κ1) is 20.2. The zero-order valence-electron chi connectivity index (χ0n) is 19.2. The molecule has 0 aliphatic carbocycles. The molecule has 0 amide bonds. The van der Waals surface area contributed by atoms with Crippen molar-refractivity contribution in [3.8, 4) is 11.3 Å². The summed E-state index contributed by atoms with van der Waals surface area (Å²) >= 11 is 0. The standard InChI is InChI=1S/C26H28N6O2/c1-16-8-18(3-4-24(16)31-12-21-9-19(31)14-33-21)29-26-27-7-6-23(30-26)17-2-5-25(28-11-17)32-13-22-10-20(32)15-34-22/h2-8,11,19-22H,9-10,12-15H2,1H3,(H,27,29,30). The number of benzene rings is 1. The van der Waals surface area contributed by atoms with E-state index in [-0.39, 0.29) is 0 Å². The number of aryl methyl sites for hydroxylation is 1. The SMILES string of the molecule is Cc1cc(Nc2nccc(-c3ccc(N4CC5CC4CO5)nc3)n2)ccc1N1CC2CC1CO2. The Balaban J connectivity index is 1.07. The van der Waals surface area contributed by atoms with Crippen molar-refractivity contribution in [1.29, 1.82) is 0 Å². The van der Waals surface area contributed by atoms with Gasteiger partial charge in [0.2, 0.25) is 5.95 Å². The first-order valence-electron chi connectivity index (χ1n) is 12.1. The van der Waals surface area contributed by atoms with Gasteiger partial charge in [0.25, 0.3) is 0 Å². The van der Waals surface area contributed by atoms with Crippen LogP contribution in [0.3, 0.4) is 0 Å². The molecule has 34 heavy (non-hydrogen) atoms. The van der Waals surface area contributed by atoms with Crippen molar-refractivity contribution in [3.63, 3.8) is 0 Å². The lowest BCUT2D eigenvalue weighted by Gasteiger charge is -2.30. The van der Waals surface area contributed by atoms with Gasteiger partial charge in [0.05, 0.1) is 43.2 Å². The summed E-state index contributed by atoms with van der Waals surface area (Å²) in [6, 6.07) is 13.5. The lowest BCUT2D eigenvalue weighted by molar-refractivity contribution is 0.0988. The lowest BCUT2D eigenvalue weighted by atomic mass is 10.1. The first-order valence-corrected chi connectivity index (χ1v) is 12.1. The van der Waals surface area contributed by atoms with Crippen LogP contribution in [0.15, 0.2) is 48.8 Å². The monoisotopic (exact) mass is 456 g/mol. The number of rotatable bonds is 5.